The Labute approximate surface area is 111 Å². The van der Waals surface area contributed by atoms with E-state index in [2.05, 4.69) is 10.8 Å². The number of thioether (sulfide) groups is 2. The minimum absolute atomic E-state index is 0.801. The van der Waals surface area contributed by atoms with Crippen molar-refractivity contribution in [1.82, 2.24) is 0 Å². The van der Waals surface area contributed by atoms with Crippen molar-refractivity contribution in [3.8, 4) is 0 Å². The van der Waals surface area contributed by atoms with E-state index in [0.29, 0.717) is 0 Å². The molecule has 6 heteroatoms. The van der Waals surface area contributed by atoms with Gasteiger partial charge in [0.2, 0.25) is 0 Å². The van der Waals surface area contributed by atoms with Gasteiger partial charge in [0.05, 0.1) is 0 Å². The molecule has 68 valence electrons. The first kappa shape index (κ1) is 10.2. The van der Waals surface area contributed by atoms with E-state index in [1.165, 1.54) is 0 Å². The predicted octanol–water partition coefficient (Wildman–Crippen LogP) is 1.41. The third-order valence-electron chi connectivity index (χ3n) is 1.49. The van der Waals surface area contributed by atoms with Crippen molar-refractivity contribution in [2.45, 2.75) is 4.22 Å². The minimum atomic E-state index is 0.801. The summed E-state index contributed by atoms with van der Waals surface area (Å²) in [6, 6.07) is 0. The molecule has 0 saturated heterocycles. The topological polar surface area (TPSA) is 0 Å². The molecule has 0 N–H and O–H groups in total. The molecule has 0 aromatic heterocycles. The molecule has 0 fully saturated rings. The van der Waals surface area contributed by atoms with Gasteiger partial charge in [-0.25, -0.2) is 0 Å². The zero-order valence-electron chi connectivity index (χ0n) is 6.31. The third-order valence-corrected chi connectivity index (χ3v) is 21.9. The van der Waals surface area contributed by atoms with Crippen molar-refractivity contribution < 1.29 is 0 Å². The number of rotatable bonds is 0. The van der Waals surface area contributed by atoms with E-state index < -0.39 is 0 Å². The van der Waals surface area contributed by atoms with Gasteiger partial charge in [-0.1, -0.05) is 0 Å². The monoisotopic (exact) mass is 472 g/mol. The van der Waals surface area contributed by atoms with Crippen LogP contribution in [0.1, 0.15) is 0 Å². The molecule has 0 aromatic rings. The first-order valence-corrected chi connectivity index (χ1v) is 12.8. The van der Waals surface area contributed by atoms with Crippen molar-refractivity contribution >= 4 is 83.4 Å². The summed E-state index contributed by atoms with van der Waals surface area (Å²) in [5.74, 6) is 0. The molecule has 3 aliphatic heterocycles. The van der Waals surface area contributed by atoms with Crippen LogP contribution in [0.5, 0.6) is 0 Å². The molecule has 0 amide bonds. The van der Waals surface area contributed by atoms with Crippen LogP contribution < -0.4 is 0 Å². The maximum absolute atomic E-state index is 2.23. The molecule has 0 spiro atoms. The summed E-state index contributed by atoms with van der Waals surface area (Å²) in [7, 11) is 0. The van der Waals surface area contributed by atoms with Gasteiger partial charge in [0.15, 0.2) is 0 Å². The first-order chi connectivity index (χ1) is 6.43. The molecule has 0 aliphatic carbocycles. The molecule has 0 atom stereocenters. The SMILES string of the molecule is C1=CSC(=C2[Se]C3=C([Se]C[Se]3)[Se]2)S1. The summed E-state index contributed by atoms with van der Waals surface area (Å²) in [5.41, 5.74) is 0. The van der Waals surface area contributed by atoms with Crippen LogP contribution in [-0.4, -0.2) is 59.8 Å². The van der Waals surface area contributed by atoms with Crippen LogP contribution in [0.15, 0.2) is 25.2 Å². The molecule has 3 heterocycles. The molecule has 0 nitrogen and oxygen atoms in total. The van der Waals surface area contributed by atoms with Crippen molar-refractivity contribution in [3.05, 3.63) is 25.2 Å². The molecular weight excluding hydrogens is 464 g/mol. The summed E-state index contributed by atoms with van der Waals surface area (Å²) in [4.78, 5) is 0. The summed E-state index contributed by atoms with van der Waals surface area (Å²) >= 11 is 7.38. The fourth-order valence-corrected chi connectivity index (χ4v) is 28.3. The molecule has 0 radical (unpaired) electrons. The van der Waals surface area contributed by atoms with Crippen LogP contribution in [0.2, 0.25) is 4.22 Å². The third kappa shape index (κ3) is 2.10. The standard InChI is InChI=1S/C7H4S2Se4/c1-2-9-4(8-1)5-12-6-7(13-5)11-3-10-6/h1-2H,3H2. The van der Waals surface area contributed by atoms with Gasteiger partial charge < -0.3 is 0 Å². The fourth-order valence-electron chi connectivity index (χ4n) is 0.972. The second-order valence-electron chi connectivity index (χ2n) is 2.27. The molecule has 3 aliphatic rings. The number of hydrogen-bond acceptors (Lipinski definition) is 2. The predicted molar refractivity (Wildman–Crippen MR) is 66.2 cm³/mol. The van der Waals surface area contributed by atoms with Gasteiger partial charge in [-0.15, -0.1) is 0 Å². The molecule has 13 heavy (non-hydrogen) atoms. The van der Waals surface area contributed by atoms with E-state index in [9.17, 15) is 0 Å². The van der Waals surface area contributed by atoms with Crippen LogP contribution >= 0.6 is 23.5 Å². The second kappa shape index (κ2) is 4.47. The van der Waals surface area contributed by atoms with Crippen molar-refractivity contribution in [1.29, 1.82) is 0 Å². The summed E-state index contributed by atoms with van der Waals surface area (Å²) in [5, 5.41) is 4.47. The van der Waals surface area contributed by atoms with Gasteiger partial charge in [0.1, 0.15) is 0 Å². The van der Waals surface area contributed by atoms with E-state index in [4.69, 9.17) is 0 Å². The average Bonchev–Trinajstić information content (AvgIpc) is 2.78. The van der Waals surface area contributed by atoms with Gasteiger partial charge in [0.25, 0.3) is 0 Å². The Hall–Kier alpha value is 2.00. The average molecular weight is 468 g/mol. The zero-order valence-corrected chi connectivity index (χ0v) is 14.8. The zero-order chi connectivity index (χ0) is 8.67. The Morgan fingerprint density at radius 2 is 1.54 bits per heavy atom. The Balaban J connectivity index is 1.82. The van der Waals surface area contributed by atoms with E-state index >= 15 is 0 Å². The maximum atomic E-state index is 2.23. The normalized spacial score (nSPS) is 26.5. The summed E-state index contributed by atoms with van der Waals surface area (Å²) < 4.78 is 8.98. The fraction of sp³-hybridized carbons (Fsp3) is 0.143. The van der Waals surface area contributed by atoms with Crippen LogP contribution in [0.3, 0.4) is 0 Å². The van der Waals surface area contributed by atoms with Gasteiger partial charge in [-0.05, 0) is 0 Å². The summed E-state index contributed by atoms with van der Waals surface area (Å²) in [6.45, 7) is 0. The first-order valence-electron chi connectivity index (χ1n) is 3.52. The number of hydrogen-bond donors (Lipinski definition) is 0. The van der Waals surface area contributed by atoms with Gasteiger partial charge in [-0.3, -0.25) is 0 Å². The van der Waals surface area contributed by atoms with E-state index in [1.54, 1.807) is 8.45 Å². The molecule has 0 aromatic carbocycles. The van der Waals surface area contributed by atoms with Gasteiger partial charge in [-0.2, -0.15) is 0 Å². The van der Waals surface area contributed by atoms with Crippen LogP contribution in [0.25, 0.3) is 0 Å². The van der Waals surface area contributed by atoms with Crippen LogP contribution in [0.4, 0.5) is 0 Å². The van der Waals surface area contributed by atoms with Crippen molar-refractivity contribution in [3.63, 3.8) is 0 Å². The van der Waals surface area contributed by atoms with E-state index in [0.717, 1.165) is 59.8 Å². The molecular formula is C7H4S2Se4. The van der Waals surface area contributed by atoms with Crippen LogP contribution in [-0.2, 0) is 0 Å². The molecule has 3 rings (SSSR count). The quantitative estimate of drug-likeness (QED) is 0.494. The molecule has 0 saturated carbocycles. The molecule has 0 bridgehead atoms. The Morgan fingerprint density at radius 3 is 2.15 bits per heavy atom. The second-order valence-corrected chi connectivity index (χ2v) is 18.6. The van der Waals surface area contributed by atoms with E-state index in [1.807, 2.05) is 33.6 Å². The van der Waals surface area contributed by atoms with Gasteiger partial charge >= 0.3 is 113 Å². The van der Waals surface area contributed by atoms with Crippen molar-refractivity contribution in [2.75, 3.05) is 0 Å². The Kier molecular flexibility index (Phi) is 3.50. The van der Waals surface area contributed by atoms with E-state index in [-0.39, 0.29) is 0 Å². The Bertz CT molecular complexity index is 316. The molecule has 0 unspecified atom stereocenters. The Morgan fingerprint density at radius 1 is 0.923 bits per heavy atom. The summed E-state index contributed by atoms with van der Waals surface area (Å²) in [6.07, 6.45) is 0. The van der Waals surface area contributed by atoms with Crippen LogP contribution in [0, 0.1) is 0 Å². The van der Waals surface area contributed by atoms with Gasteiger partial charge in [0, 0.05) is 0 Å². The van der Waals surface area contributed by atoms with Crippen molar-refractivity contribution in [2.24, 2.45) is 0 Å².